The fourth-order valence-corrected chi connectivity index (χ4v) is 5.93. The van der Waals surface area contributed by atoms with Crippen LogP contribution in [0.3, 0.4) is 0 Å². The van der Waals surface area contributed by atoms with Crippen LogP contribution < -0.4 is 5.32 Å². The number of unbranched alkanes of at least 4 members (excludes halogenated alkanes) is 22. The zero-order valence-electron chi connectivity index (χ0n) is 30.3. The van der Waals surface area contributed by atoms with Crippen LogP contribution in [0.15, 0.2) is 24.3 Å². The molecule has 272 valence electrons. The Hall–Kier alpha value is -1.21. The first-order valence-corrected chi connectivity index (χ1v) is 19.7. The number of allylic oxidation sites excluding steroid dienone is 4. The summed E-state index contributed by atoms with van der Waals surface area (Å²) in [6.07, 6.45) is 38.1. The van der Waals surface area contributed by atoms with Gasteiger partial charge in [0.2, 0.25) is 5.91 Å². The van der Waals surface area contributed by atoms with Gasteiger partial charge in [-0.1, -0.05) is 160 Å². The first-order valence-electron chi connectivity index (χ1n) is 19.7. The molecule has 6 nitrogen and oxygen atoms in total. The molecule has 0 fully saturated rings. The van der Waals surface area contributed by atoms with Gasteiger partial charge in [-0.05, 0) is 57.8 Å². The summed E-state index contributed by atoms with van der Waals surface area (Å²) >= 11 is 0. The third-order valence-corrected chi connectivity index (χ3v) is 9.14. The third kappa shape index (κ3) is 29.0. The summed E-state index contributed by atoms with van der Waals surface area (Å²) in [7, 11) is 0. The van der Waals surface area contributed by atoms with Gasteiger partial charge in [-0.3, -0.25) is 4.79 Å². The lowest BCUT2D eigenvalue weighted by Gasteiger charge is -2.27. The molecule has 0 rings (SSSR count). The first kappa shape index (κ1) is 44.8. The van der Waals surface area contributed by atoms with Gasteiger partial charge in [0.05, 0.1) is 18.8 Å². The predicted octanol–water partition coefficient (Wildman–Crippen LogP) is 9.62. The Balaban J connectivity index is 3.75. The standard InChI is InChI=1S/C40H77NO5/c1-3-5-7-9-11-13-14-15-16-17-18-19-20-21-22-23-24-25-26-28-29-31-33-37(43)39(45)36(35-42)41-40(46)38(44)34-32-30-27-12-10-8-6-4-2/h26-28,30,36-39,42-45H,3-25,29,31-35H2,1-2H3,(H,41,46)/b28-26+,30-27-. The van der Waals surface area contributed by atoms with Gasteiger partial charge >= 0.3 is 0 Å². The second-order valence-corrected chi connectivity index (χ2v) is 13.6. The maximum absolute atomic E-state index is 12.3. The third-order valence-electron chi connectivity index (χ3n) is 9.14. The minimum absolute atomic E-state index is 0.278. The molecule has 0 aliphatic carbocycles. The molecule has 0 aliphatic rings. The van der Waals surface area contributed by atoms with Gasteiger partial charge in [0.15, 0.2) is 0 Å². The maximum Gasteiger partial charge on any atom is 0.249 e. The van der Waals surface area contributed by atoms with Crippen LogP contribution in [0.25, 0.3) is 0 Å². The molecule has 0 aromatic carbocycles. The van der Waals surface area contributed by atoms with Crippen molar-refractivity contribution < 1.29 is 25.2 Å². The molecule has 0 radical (unpaired) electrons. The Morgan fingerprint density at radius 2 is 0.891 bits per heavy atom. The maximum atomic E-state index is 12.3. The van der Waals surface area contributed by atoms with Crippen LogP contribution in [0.1, 0.15) is 194 Å². The van der Waals surface area contributed by atoms with Crippen molar-refractivity contribution in [2.75, 3.05) is 6.61 Å². The molecule has 4 atom stereocenters. The molecule has 0 aromatic heterocycles. The van der Waals surface area contributed by atoms with Crippen molar-refractivity contribution in [2.45, 2.75) is 218 Å². The summed E-state index contributed by atoms with van der Waals surface area (Å²) in [5.41, 5.74) is 0. The smallest absolute Gasteiger partial charge is 0.249 e. The topological polar surface area (TPSA) is 110 Å². The van der Waals surface area contributed by atoms with E-state index in [2.05, 4.69) is 37.4 Å². The Kier molecular flexibility index (Phi) is 34.2. The normalized spacial score (nSPS) is 14.7. The van der Waals surface area contributed by atoms with Crippen molar-refractivity contribution in [3.05, 3.63) is 24.3 Å². The molecule has 0 bridgehead atoms. The molecule has 0 heterocycles. The molecule has 0 aromatic rings. The van der Waals surface area contributed by atoms with Crippen molar-refractivity contribution >= 4 is 5.91 Å². The minimum atomic E-state index is -1.29. The number of amides is 1. The van der Waals surface area contributed by atoms with Gasteiger partial charge in [-0.2, -0.15) is 0 Å². The van der Waals surface area contributed by atoms with Crippen molar-refractivity contribution in [1.29, 1.82) is 0 Å². The van der Waals surface area contributed by atoms with Gasteiger partial charge < -0.3 is 25.7 Å². The molecular weight excluding hydrogens is 574 g/mol. The molecule has 46 heavy (non-hydrogen) atoms. The number of nitrogens with one attached hydrogen (secondary N) is 1. The van der Waals surface area contributed by atoms with Crippen molar-refractivity contribution in [3.8, 4) is 0 Å². The van der Waals surface area contributed by atoms with E-state index in [-0.39, 0.29) is 6.42 Å². The molecule has 0 aliphatic heterocycles. The lowest BCUT2D eigenvalue weighted by molar-refractivity contribution is -0.132. The average Bonchev–Trinajstić information content (AvgIpc) is 3.06. The zero-order valence-corrected chi connectivity index (χ0v) is 30.3. The molecule has 0 saturated heterocycles. The number of carbonyl (C=O) groups excluding carboxylic acids is 1. The van der Waals surface area contributed by atoms with Crippen LogP contribution in [0.2, 0.25) is 0 Å². The van der Waals surface area contributed by atoms with Gasteiger partial charge in [0.1, 0.15) is 12.2 Å². The average molecular weight is 652 g/mol. The van der Waals surface area contributed by atoms with Crippen LogP contribution in [-0.4, -0.2) is 57.3 Å². The van der Waals surface area contributed by atoms with Crippen molar-refractivity contribution in [2.24, 2.45) is 0 Å². The van der Waals surface area contributed by atoms with E-state index in [1.54, 1.807) is 0 Å². The highest BCUT2D eigenvalue weighted by molar-refractivity contribution is 5.80. The highest BCUT2D eigenvalue weighted by atomic mass is 16.3. The summed E-state index contributed by atoms with van der Waals surface area (Å²) in [4.78, 5) is 12.3. The van der Waals surface area contributed by atoms with E-state index in [1.807, 2.05) is 6.08 Å². The minimum Gasteiger partial charge on any atom is -0.394 e. The van der Waals surface area contributed by atoms with Gasteiger partial charge in [-0.25, -0.2) is 0 Å². The van der Waals surface area contributed by atoms with E-state index < -0.39 is 36.9 Å². The van der Waals surface area contributed by atoms with Gasteiger partial charge in [0, 0.05) is 0 Å². The SMILES string of the molecule is CCCCCC/C=C\CCC(O)C(=O)NC(CO)C(O)C(O)CCC/C=C/CCCCCCCCCCCCCCCCCCC. The Labute approximate surface area is 284 Å². The fourth-order valence-electron chi connectivity index (χ4n) is 5.93. The first-order chi connectivity index (χ1) is 22.5. The summed E-state index contributed by atoms with van der Waals surface area (Å²) in [5, 5.41) is 43.2. The lowest BCUT2D eigenvalue weighted by atomic mass is 10.00. The largest absolute Gasteiger partial charge is 0.394 e. The molecule has 0 saturated carbocycles. The van der Waals surface area contributed by atoms with Crippen LogP contribution in [0.4, 0.5) is 0 Å². The highest BCUT2D eigenvalue weighted by Crippen LogP contribution is 2.15. The van der Waals surface area contributed by atoms with Crippen LogP contribution >= 0.6 is 0 Å². The van der Waals surface area contributed by atoms with Crippen LogP contribution in [-0.2, 0) is 4.79 Å². The second kappa shape index (κ2) is 35.1. The summed E-state index contributed by atoms with van der Waals surface area (Å²) in [5.74, 6) is -0.631. The van der Waals surface area contributed by atoms with E-state index in [0.29, 0.717) is 19.3 Å². The molecular formula is C40H77NO5. The van der Waals surface area contributed by atoms with Crippen LogP contribution in [0.5, 0.6) is 0 Å². The van der Waals surface area contributed by atoms with Gasteiger partial charge in [-0.15, -0.1) is 0 Å². The fraction of sp³-hybridized carbons (Fsp3) is 0.875. The zero-order chi connectivity index (χ0) is 33.9. The molecule has 0 spiro atoms. The number of aliphatic hydroxyl groups is 4. The number of hydrogen-bond acceptors (Lipinski definition) is 5. The van der Waals surface area contributed by atoms with Crippen LogP contribution in [0, 0.1) is 0 Å². The molecule has 6 heteroatoms. The summed E-state index contributed by atoms with van der Waals surface area (Å²) in [6.45, 7) is 3.96. The van der Waals surface area contributed by atoms with E-state index in [9.17, 15) is 25.2 Å². The quantitative estimate of drug-likeness (QED) is 0.0346. The number of rotatable bonds is 35. The molecule has 5 N–H and O–H groups in total. The summed E-state index contributed by atoms with van der Waals surface area (Å²) in [6, 6.07) is -1.01. The van der Waals surface area contributed by atoms with Crippen molar-refractivity contribution in [3.63, 3.8) is 0 Å². The predicted molar refractivity (Wildman–Crippen MR) is 196 cm³/mol. The molecule has 4 unspecified atom stereocenters. The van der Waals surface area contributed by atoms with E-state index in [0.717, 1.165) is 25.7 Å². The number of aliphatic hydroxyl groups excluding tert-OH is 4. The molecule has 1 amide bonds. The monoisotopic (exact) mass is 652 g/mol. The van der Waals surface area contributed by atoms with E-state index >= 15 is 0 Å². The number of carbonyl (C=O) groups is 1. The second-order valence-electron chi connectivity index (χ2n) is 13.6. The van der Waals surface area contributed by atoms with Crippen molar-refractivity contribution in [1.82, 2.24) is 5.32 Å². The van der Waals surface area contributed by atoms with Gasteiger partial charge in [0.25, 0.3) is 0 Å². The Bertz CT molecular complexity index is 697. The van der Waals surface area contributed by atoms with E-state index in [1.165, 1.54) is 128 Å². The lowest BCUT2D eigenvalue weighted by Crippen LogP contribution is -2.53. The summed E-state index contributed by atoms with van der Waals surface area (Å²) < 4.78 is 0. The van der Waals surface area contributed by atoms with E-state index in [4.69, 9.17) is 0 Å². The highest BCUT2D eigenvalue weighted by Gasteiger charge is 2.28. The Morgan fingerprint density at radius 1 is 0.522 bits per heavy atom. The number of hydrogen-bond donors (Lipinski definition) is 5. The Morgan fingerprint density at radius 3 is 1.33 bits per heavy atom.